The maximum atomic E-state index is 12.6. The minimum Gasteiger partial charge on any atom is -0.433 e. The lowest BCUT2D eigenvalue weighted by Gasteiger charge is -2.20. The second-order valence-corrected chi connectivity index (χ2v) is 5.37. The number of nitrogens with one attached hydrogen (secondary N) is 1. The number of carbonyl (C=O) groups is 1. The van der Waals surface area contributed by atoms with Gasteiger partial charge in [-0.3, -0.25) is 9.78 Å². The van der Waals surface area contributed by atoms with Crippen molar-refractivity contribution in [2.75, 3.05) is 16.8 Å². The third-order valence-electron chi connectivity index (χ3n) is 3.65. The first-order chi connectivity index (χ1) is 11.5. The largest absolute Gasteiger partial charge is 0.433 e. The van der Waals surface area contributed by atoms with Gasteiger partial charge < -0.3 is 15.0 Å². The summed E-state index contributed by atoms with van der Waals surface area (Å²) >= 11 is 0. The van der Waals surface area contributed by atoms with E-state index in [9.17, 15) is 13.6 Å². The number of para-hydroxylation sites is 2. The van der Waals surface area contributed by atoms with Gasteiger partial charge in [0, 0.05) is 12.7 Å². The zero-order valence-corrected chi connectivity index (χ0v) is 12.9. The number of amides is 1. The Hall–Kier alpha value is -2.77. The smallest absolute Gasteiger partial charge is 0.387 e. The molecule has 0 aliphatic carbocycles. The summed E-state index contributed by atoms with van der Waals surface area (Å²) in [5, 5.41) is 3.04. The van der Waals surface area contributed by atoms with Gasteiger partial charge in [-0.25, -0.2) is 4.98 Å². The van der Waals surface area contributed by atoms with Crippen molar-refractivity contribution >= 4 is 17.4 Å². The summed E-state index contributed by atoms with van der Waals surface area (Å²) in [4.78, 5) is 22.3. The fourth-order valence-electron chi connectivity index (χ4n) is 2.64. The Morgan fingerprint density at radius 1 is 1.33 bits per heavy atom. The van der Waals surface area contributed by atoms with Crippen molar-refractivity contribution in [3.05, 3.63) is 42.4 Å². The Kier molecular flexibility index (Phi) is 4.54. The molecule has 0 bridgehead atoms. The van der Waals surface area contributed by atoms with Gasteiger partial charge in [0.05, 0.1) is 17.6 Å². The predicted octanol–water partition coefficient (Wildman–Crippen LogP) is 2.60. The zero-order valence-electron chi connectivity index (χ0n) is 12.9. The molecule has 3 rings (SSSR count). The van der Waals surface area contributed by atoms with Gasteiger partial charge in [0.2, 0.25) is 5.91 Å². The van der Waals surface area contributed by atoms with Gasteiger partial charge in [-0.2, -0.15) is 8.78 Å². The Balaban J connectivity index is 1.77. The number of ether oxygens (including phenoxy) is 1. The van der Waals surface area contributed by atoms with Crippen LogP contribution in [0.25, 0.3) is 0 Å². The number of aromatic nitrogens is 2. The molecule has 0 spiro atoms. The van der Waals surface area contributed by atoms with E-state index in [2.05, 4.69) is 20.0 Å². The van der Waals surface area contributed by atoms with Crippen molar-refractivity contribution in [3.8, 4) is 5.75 Å². The zero-order chi connectivity index (χ0) is 17.1. The molecule has 1 aromatic heterocycles. The van der Waals surface area contributed by atoms with Crippen LogP contribution in [0.15, 0.2) is 36.7 Å². The molecule has 6 nitrogen and oxygen atoms in total. The molecule has 1 N–H and O–H groups in total. The van der Waals surface area contributed by atoms with Crippen LogP contribution in [0.1, 0.15) is 12.1 Å². The number of benzene rings is 1. The normalized spacial score (nSPS) is 17.4. The van der Waals surface area contributed by atoms with Crippen LogP contribution in [-0.4, -0.2) is 35.1 Å². The van der Waals surface area contributed by atoms with E-state index in [1.54, 1.807) is 31.3 Å². The monoisotopic (exact) mass is 334 g/mol. The van der Waals surface area contributed by atoms with Crippen molar-refractivity contribution in [2.45, 2.75) is 26.0 Å². The van der Waals surface area contributed by atoms with Crippen LogP contribution < -0.4 is 15.0 Å². The van der Waals surface area contributed by atoms with Crippen molar-refractivity contribution in [2.24, 2.45) is 0 Å². The lowest BCUT2D eigenvalue weighted by molar-refractivity contribution is -0.117. The van der Waals surface area contributed by atoms with E-state index in [0.717, 1.165) is 5.69 Å². The van der Waals surface area contributed by atoms with E-state index in [-0.39, 0.29) is 11.7 Å². The molecule has 2 heterocycles. The average Bonchev–Trinajstić information content (AvgIpc) is 2.88. The fourth-order valence-corrected chi connectivity index (χ4v) is 2.64. The molecule has 24 heavy (non-hydrogen) atoms. The van der Waals surface area contributed by atoms with E-state index >= 15 is 0 Å². The molecule has 1 unspecified atom stereocenters. The number of hydrogen-bond acceptors (Lipinski definition) is 5. The lowest BCUT2D eigenvalue weighted by atomic mass is 10.2. The van der Waals surface area contributed by atoms with Crippen LogP contribution in [0.2, 0.25) is 0 Å². The van der Waals surface area contributed by atoms with Crippen LogP contribution in [-0.2, 0) is 4.79 Å². The van der Waals surface area contributed by atoms with Crippen molar-refractivity contribution < 1.29 is 18.3 Å². The van der Waals surface area contributed by atoms with Crippen molar-refractivity contribution in [1.82, 2.24) is 9.97 Å². The van der Waals surface area contributed by atoms with Gasteiger partial charge in [-0.15, -0.1) is 0 Å². The molecule has 0 saturated carbocycles. The maximum Gasteiger partial charge on any atom is 0.387 e. The molecule has 1 fully saturated rings. The summed E-state index contributed by atoms with van der Waals surface area (Å²) in [7, 11) is 0. The summed E-state index contributed by atoms with van der Waals surface area (Å²) < 4.78 is 29.6. The van der Waals surface area contributed by atoms with Gasteiger partial charge in [-0.05, 0) is 25.5 Å². The number of hydrogen-bond donors (Lipinski definition) is 1. The van der Waals surface area contributed by atoms with Gasteiger partial charge in [0.25, 0.3) is 0 Å². The number of anilines is 2. The molecular formula is C16H16F2N4O2. The summed E-state index contributed by atoms with van der Waals surface area (Å²) in [5.74, 6) is 0.271. The number of halogens is 2. The number of nitrogens with zero attached hydrogens (tertiary/aromatic N) is 3. The van der Waals surface area contributed by atoms with E-state index in [4.69, 9.17) is 0 Å². The molecule has 1 aromatic carbocycles. The van der Waals surface area contributed by atoms with Crippen LogP contribution in [0.3, 0.4) is 0 Å². The van der Waals surface area contributed by atoms with Crippen LogP contribution >= 0.6 is 0 Å². The molecule has 1 saturated heterocycles. The SMILES string of the molecule is Cc1cncc(NC2CCN(c3ccccc3OC(F)F)C2=O)n1. The van der Waals surface area contributed by atoms with Crippen LogP contribution in [0.4, 0.5) is 20.3 Å². The van der Waals surface area contributed by atoms with Gasteiger partial charge >= 0.3 is 6.61 Å². The van der Waals surface area contributed by atoms with Gasteiger partial charge in [0.1, 0.15) is 17.6 Å². The Labute approximate surface area is 137 Å². The predicted molar refractivity (Wildman–Crippen MR) is 84.2 cm³/mol. The van der Waals surface area contributed by atoms with E-state index < -0.39 is 12.7 Å². The second kappa shape index (κ2) is 6.77. The van der Waals surface area contributed by atoms with Crippen molar-refractivity contribution in [1.29, 1.82) is 0 Å². The Morgan fingerprint density at radius 3 is 2.88 bits per heavy atom. The summed E-state index contributed by atoms with van der Waals surface area (Å²) in [6.07, 6.45) is 3.68. The minimum absolute atomic E-state index is 0.0168. The number of rotatable bonds is 5. The molecule has 1 aliphatic heterocycles. The molecule has 126 valence electrons. The summed E-state index contributed by atoms with van der Waals surface area (Å²) in [6.45, 7) is -0.738. The van der Waals surface area contributed by atoms with Crippen molar-refractivity contribution in [3.63, 3.8) is 0 Å². The Morgan fingerprint density at radius 2 is 2.12 bits per heavy atom. The first-order valence-electron chi connectivity index (χ1n) is 7.45. The molecular weight excluding hydrogens is 318 g/mol. The fraction of sp³-hybridized carbons (Fsp3) is 0.312. The first kappa shape index (κ1) is 16.1. The molecule has 1 amide bonds. The second-order valence-electron chi connectivity index (χ2n) is 5.37. The van der Waals surface area contributed by atoms with E-state index in [0.29, 0.717) is 24.5 Å². The molecule has 1 aliphatic rings. The van der Waals surface area contributed by atoms with Gasteiger partial charge in [0.15, 0.2) is 0 Å². The molecule has 2 aromatic rings. The van der Waals surface area contributed by atoms with Crippen LogP contribution in [0.5, 0.6) is 5.75 Å². The first-order valence-corrected chi connectivity index (χ1v) is 7.45. The number of aryl methyl sites for hydroxylation is 1. The topological polar surface area (TPSA) is 67.3 Å². The number of alkyl halides is 2. The Bertz CT molecular complexity index is 742. The standard InChI is InChI=1S/C16H16F2N4O2/c1-10-8-19-9-14(20-10)21-11-6-7-22(15(11)23)12-4-2-3-5-13(12)24-16(17)18/h2-5,8-9,11,16H,6-7H2,1H3,(H,20,21). The summed E-state index contributed by atoms with van der Waals surface area (Å²) in [5.41, 5.74) is 1.07. The highest BCUT2D eigenvalue weighted by atomic mass is 19.3. The quantitative estimate of drug-likeness (QED) is 0.910. The van der Waals surface area contributed by atoms with E-state index in [1.165, 1.54) is 17.2 Å². The highest BCUT2D eigenvalue weighted by Crippen LogP contribution is 2.32. The van der Waals surface area contributed by atoms with E-state index in [1.807, 2.05) is 0 Å². The molecule has 8 heteroatoms. The minimum atomic E-state index is -2.94. The molecule has 1 atom stereocenters. The average molecular weight is 334 g/mol. The lowest BCUT2D eigenvalue weighted by Crippen LogP contribution is -2.34. The summed E-state index contributed by atoms with van der Waals surface area (Å²) in [6, 6.07) is 5.78. The highest BCUT2D eigenvalue weighted by Gasteiger charge is 2.34. The highest BCUT2D eigenvalue weighted by molar-refractivity contribution is 6.01. The molecule has 0 radical (unpaired) electrons. The van der Waals surface area contributed by atoms with Gasteiger partial charge in [-0.1, -0.05) is 12.1 Å². The number of carbonyl (C=O) groups excluding carboxylic acids is 1. The third kappa shape index (κ3) is 3.42. The maximum absolute atomic E-state index is 12.6. The van der Waals surface area contributed by atoms with Crippen LogP contribution in [0, 0.1) is 6.92 Å². The third-order valence-corrected chi connectivity index (χ3v) is 3.65.